The van der Waals surface area contributed by atoms with Crippen LogP contribution in [0.2, 0.25) is 0 Å². The Morgan fingerprint density at radius 3 is 2.71 bits per heavy atom. The van der Waals surface area contributed by atoms with Crippen molar-refractivity contribution in [2.75, 3.05) is 31.6 Å². The van der Waals surface area contributed by atoms with Crippen molar-refractivity contribution in [1.82, 2.24) is 0 Å². The van der Waals surface area contributed by atoms with E-state index in [1.807, 2.05) is 0 Å². The molecule has 1 aliphatic heterocycles. The largest absolute Gasteiger partial charge is 0.462 e. The first-order chi connectivity index (χ1) is 11.4. The zero-order chi connectivity index (χ0) is 17.7. The summed E-state index contributed by atoms with van der Waals surface area (Å²) in [6.07, 6.45) is 2.08. The molecule has 0 spiro atoms. The molecule has 1 atom stereocenters. The molecule has 1 aliphatic rings. The van der Waals surface area contributed by atoms with Gasteiger partial charge in [0.15, 0.2) is 0 Å². The highest BCUT2D eigenvalue weighted by Gasteiger charge is 2.26. The molecule has 1 heterocycles. The number of nitrogens with zero attached hydrogens (tertiary/aromatic N) is 1. The number of carbonyl (C=O) groups is 2. The maximum Gasteiger partial charge on any atom is 0.340 e. The van der Waals surface area contributed by atoms with Crippen molar-refractivity contribution in [3.8, 4) is 0 Å². The number of carbonyl (C=O) groups excluding carboxylic acids is 2. The number of aryl methyl sites for hydroxylation is 1. The van der Waals surface area contributed by atoms with Gasteiger partial charge in [0, 0.05) is 0 Å². The van der Waals surface area contributed by atoms with Crippen molar-refractivity contribution in [3.05, 3.63) is 35.6 Å². The molecule has 1 saturated heterocycles. The number of rotatable bonds is 6. The van der Waals surface area contributed by atoms with Crippen LogP contribution in [0, 0.1) is 19.3 Å². The average Bonchev–Trinajstić information content (AvgIpc) is 2.99. The molecule has 6 heteroatoms. The minimum atomic E-state index is -0.637. The SMILES string of the molecule is CCOC(=O)c1cc(F)cc(C)c1NC(=O)C[N+]1(CC)[CH-]CCC1. The molecule has 0 bridgehead atoms. The van der Waals surface area contributed by atoms with Crippen LogP contribution in [-0.4, -0.2) is 42.6 Å². The van der Waals surface area contributed by atoms with Crippen molar-refractivity contribution in [2.45, 2.75) is 33.6 Å². The topological polar surface area (TPSA) is 55.4 Å². The third-order valence-electron chi connectivity index (χ3n) is 4.47. The van der Waals surface area contributed by atoms with Crippen LogP contribution in [0.3, 0.4) is 0 Å². The molecule has 132 valence electrons. The summed E-state index contributed by atoms with van der Waals surface area (Å²) in [5.74, 6) is -1.35. The quantitative estimate of drug-likeness (QED) is 0.493. The maximum absolute atomic E-state index is 13.7. The Balaban J connectivity index is 2.21. The van der Waals surface area contributed by atoms with E-state index >= 15 is 0 Å². The van der Waals surface area contributed by atoms with E-state index in [9.17, 15) is 14.0 Å². The number of likely N-dealkylation sites (N-methyl/N-ethyl adjacent to an activating group) is 1. The minimum absolute atomic E-state index is 0.0520. The molecule has 1 N–H and O–H groups in total. The molecule has 0 aliphatic carbocycles. The molecule has 1 aromatic carbocycles. The lowest BCUT2D eigenvalue weighted by Crippen LogP contribution is -2.47. The van der Waals surface area contributed by atoms with Gasteiger partial charge in [0.1, 0.15) is 12.4 Å². The predicted molar refractivity (Wildman–Crippen MR) is 89.8 cm³/mol. The van der Waals surface area contributed by atoms with Gasteiger partial charge in [-0.1, -0.05) is 0 Å². The van der Waals surface area contributed by atoms with Gasteiger partial charge in [-0.15, -0.1) is 13.0 Å². The van der Waals surface area contributed by atoms with E-state index in [0.717, 1.165) is 32.0 Å². The van der Waals surface area contributed by atoms with E-state index in [1.165, 1.54) is 6.07 Å². The number of ether oxygens (including phenoxy) is 1. The van der Waals surface area contributed by atoms with Crippen LogP contribution in [0.15, 0.2) is 12.1 Å². The van der Waals surface area contributed by atoms with Crippen molar-refractivity contribution < 1.29 is 23.2 Å². The second kappa shape index (κ2) is 7.75. The summed E-state index contributed by atoms with van der Waals surface area (Å²) in [5, 5.41) is 2.79. The Hall–Kier alpha value is -1.95. The zero-order valence-corrected chi connectivity index (χ0v) is 14.5. The maximum atomic E-state index is 13.7. The molecule has 1 unspecified atom stereocenters. The highest BCUT2D eigenvalue weighted by molar-refractivity contribution is 6.02. The fraction of sp³-hybridized carbons (Fsp3) is 0.500. The van der Waals surface area contributed by atoms with Crippen LogP contribution in [0.1, 0.15) is 42.6 Å². The van der Waals surface area contributed by atoms with Crippen LogP contribution in [0.4, 0.5) is 10.1 Å². The smallest absolute Gasteiger partial charge is 0.340 e. The molecule has 0 radical (unpaired) electrons. The summed E-state index contributed by atoms with van der Waals surface area (Å²) >= 11 is 0. The highest BCUT2D eigenvalue weighted by atomic mass is 19.1. The molecule has 1 aromatic rings. The summed E-state index contributed by atoms with van der Waals surface area (Å²) in [5.41, 5.74) is 0.879. The van der Waals surface area contributed by atoms with Crippen molar-refractivity contribution in [2.24, 2.45) is 0 Å². The molecular formula is C18H25FN2O3. The Bertz CT molecular complexity index is 625. The number of hydrogen-bond acceptors (Lipinski definition) is 3. The van der Waals surface area contributed by atoms with Gasteiger partial charge in [0.25, 0.3) is 5.91 Å². The van der Waals surface area contributed by atoms with Gasteiger partial charge in [-0.05, 0) is 44.9 Å². The first-order valence-electron chi connectivity index (χ1n) is 8.38. The molecule has 0 saturated carbocycles. The van der Waals surface area contributed by atoms with Gasteiger partial charge in [-0.3, -0.25) is 4.79 Å². The van der Waals surface area contributed by atoms with Crippen LogP contribution >= 0.6 is 0 Å². The van der Waals surface area contributed by atoms with Gasteiger partial charge in [-0.2, -0.15) is 0 Å². The Morgan fingerprint density at radius 1 is 1.38 bits per heavy atom. The van der Waals surface area contributed by atoms with Crippen LogP contribution < -0.4 is 5.32 Å². The number of likely N-dealkylation sites (tertiary alicyclic amines) is 1. The lowest BCUT2D eigenvalue weighted by molar-refractivity contribution is -0.880. The molecule has 24 heavy (non-hydrogen) atoms. The summed E-state index contributed by atoms with van der Waals surface area (Å²) in [4.78, 5) is 24.6. The predicted octanol–water partition coefficient (Wildman–Crippen LogP) is 3.04. The standard InChI is InChI=1S/C18H25FN2O3/c1-4-21(8-6-7-9-21)12-16(22)20-17-13(3)10-14(19)11-15(17)18(23)24-5-2/h8,10-11H,4-7,9,12H2,1-3H3,(H,20,22). The number of esters is 1. The van der Waals surface area contributed by atoms with E-state index in [1.54, 1.807) is 13.8 Å². The number of hydrogen-bond donors (Lipinski definition) is 1. The number of amides is 1. The number of nitrogens with one attached hydrogen (secondary N) is 1. The summed E-state index contributed by atoms with van der Waals surface area (Å²) in [7, 11) is 0. The van der Waals surface area contributed by atoms with E-state index in [4.69, 9.17) is 4.74 Å². The van der Waals surface area contributed by atoms with Crippen molar-refractivity contribution >= 4 is 17.6 Å². The number of anilines is 1. The van der Waals surface area contributed by atoms with Gasteiger partial charge >= 0.3 is 5.97 Å². The molecule has 5 nitrogen and oxygen atoms in total. The Morgan fingerprint density at radius 2 is 2.12 bits per heavy atom. The van der Waals surface area contributed by atoms with Crippen molar-refractivity contribution in [1.29, 1.82) is 0 Å². The fourth-order valence-electron chi connectivity index (χ4n) is 3.15. The number of benzene rings is 1. The second-order valence-corrected chi connectivity index (χ2v) is 6.16. The summed E-state index contributed by atoms with van der Waals surface area (Å²) < 4.78 is 19.3. The van der Waals surface area contributed by atoms with Crippen molar-refractivity contribution in [3.63, 3.8) is 0 Å². The molecule has 1 fully saturated rings. The van der Waals surface area contributed by atoms with E-state index in [2.05, 4.69) is 18.8 Å². The number of quaternary nitrogens is 1. The van der Waals surface area contributed by atoms with E-state index < -0.39 is 11.8 Å². The zero-order valence-electron chi connectivity index (χ0n) is 14.5. The van der Waals surface area contributed by atoms with Gasteiger partial charge < -0.3 is 14.5 Å². The monoisotopic (exact) mass is 336 g/mol. The van der Waals surface area contributed by atoms with Gasteiger partial charge in [0.05, 0.1) is 30.9 Å². The summed E-state index contributed by atoms with van der Waals surface area (Å²) in [6.45, 7) is 9.86. The van der Waals surface area contributed by atoms with Crippen LogP contribution in [0.25, 0.3) is 0 Å². The molecule has 1 amide bonds. The molecule has 2 rings (SSSR count). The fourth-order valence-corrected chi connectivity index (χ4v) is 3.15. The average molecular weight is 336 g/mol. The Labute approximate surface area is 142 Å². The van der Waals surface area contributed by atoms with E-state index in [-0.39, 0.29) is 18.1 Å². The molecule has 0 aromatic heterocycles. The Kier molecular flexibility index (Phi) is 5.94. The summed E-state index contributed by atoms with van der Waals surface area (Å²) in [6, 6.07) is 2.40. The first-order valence-corrected chi connectivity index (χ1v) is 8.38. The molecular weight excluding hydrogens is 311 g/mol. The lowest BCUT2D eigenvalue weighted by Gasteiger charge is -2.41. The minimum Gasteiger partial charge on any atom is -0.462 e. The first kappa shape index (κ1) is 18.4. The van der Waals surface area contributed by atoms with E-state index in [0.29, 0.717) is 22.3 Å². The van der Waals surface area contributed by atoms with Crippen LogP contribution in [-0.2, 0) is 9.53 Å². The van der Waals surface area contributed by atoms with Gasteiger partial charge in [-0.25, -0.2) is 9.18 Å². The van der Waals surface area contributed by atoms with Gasteiger partial charge in [0.2, 0.25) is 0 Å². The normalized spacial score (nSPS) is 20.0. The third kappa shape index (κ3) is 4.12. The van der Waals surface area contributed by atoms with Crippen LogP contribution in [0.5, 0.6) is 0 Å². The lowest BCUT2D eigenvalue weighted by atomic mass is 10.1. The second-order valence-electron chi connectivity index (χ2n) is 6.16. The third-order valence-corrected chi connectivity index (χ3v) is 4.47. The number of halogens is 1. The highest BCUT2D eigenvalue weighted by Crippen LogP contribution is 2.26.